The molecule has 4 rings (SSSR count). The van der Waals surface area contributed by atoms with E-state index in [1.165, 1.54) is 0 Å². The van der Waals surface area contributed by atoms with E-state index in [0.29, 0.717) is 36.6 Å². The van der Waals surface area contributed by atoms with Crippen molar-refractivity contribution in [2.75, 3.05) is 5.32 Å². The molecule has 0 amide bonds. The van der Waals surface area contributed by atoms with Crippen LogP contribution in [0.5, 0.6) is 0 Å². The predicted molar refractivity (Wildman–Crippen MR) is 131 cm³/mol. The first-order valence-corrected chi connectivity index (χ1v) is 11.2. The molecule has 33 heavy (non-hydrogen) atoms. The Kier molecular flexibility index (Phi) is 6.75. The average molecular weight is 442 g/mol. The van der Waals surface area contributed by atoms with Crippen molar-refractivity contribution in [1.29, 1.82) is 0 Å². The minimum Gasteiger partial charge on any atom is -0.378 e. The second-order valence-electron chi connectivity index (χ2n) is 7.76. The van der Waals surface area contributed by atoms with Crippen molar-refractivity contribution in [3.8, 4) is 11.8 Å². The lowest BCUT2D eigenvalue weighted by Crippen LogP contribution is -2.31. The van der Waals surface area contributed by atoms with Crippen molar-refractivity contribution in [1.82, 2.24) is 19.1 Å². The van der Waals surface area contributed by atoms with E-state index in [-0.39, 0.29) is 0 Å². The summed E-state index contributed by atoms with van der Waals surface area (Å²) in [6, 6.07) is 17.7. The first-order valence-electron chi connectivity index (χ1n) is 11.2. The number of aromatic amines is 1. The SMILES string of the molecule is CCCCn1c(=O)[nH]c(=O)c2c1nc(CNc1cccc(C#Cc3ccccc3)c1)n2CC. The Hall–Kier alpha value is -4.05. The van der Waals surface area contributed by atoms with Gasteiger partial charge in [0.05, 0.1) is 6.54 Å². The van der Waals surface area contributed by atoms with Gasteiger partial charge in [-0.05, 0) is 43.7 Å². The summed E-state index contributed by atoms with van der Waals surface area (Å²) < 4.78 is 3.43. The standard InChI is InChI=1S/C26H27N5O2/c1-3-5-16-31-24-23(25(32)29-26(31)33)30(4-2)22(28-24)18-27-21-13-9-12-20(17-21)15-14-19-10-7-6-8-11-19/h6-13,17,27H,3-5,16,18H2,1-2H3,(H,29,32,33). The summed E-state index contributed by atoms with van der Waals surface area (Å²) in [4.78, 5) is 32.1. The van der Waals surface area contributed by atoms with E-state index in [0.717, 1.165) is 29.7 Å². The van der Waals surface area contributed by atoms with Crippen molar-refractivity contribution in [3.05, 3.63) is 92.4 Å². The van der Waals surface area contributed by atoms with Gasteiger partial charge >= 0.3 is 5.69 Å². The number of rotatable bonds is 7. The molecule has 2 heterocycles. The van der Waals surface area contributed by atoms with E-state index in [1.807, 2.05) is 66.1 Å². The highest BCUT2D eigenvalue weighted by molar-refractivity contribution is 5.71. The lowest BCUT2D eigenvalue weighted by Gasteiger charge is -2.08. The van der Waals surface area contributed by atoms with Crippen molar-refractivity contribution < 1.29 is 0 Å². The van der Waals surface area contributed by atoms with Crippen molar-refractivity contribution in [3.63, 3.8) is 0 Å². The Morgan fingerprint density at radius 1 is 0.970 bits per heavy atom. The Morgan fingerprint density at radius 2 is 1.73 bits per heavy atom. The number of nitrogens with zero attached hydrogens (tertiary/aromatic N) is 3. The number of aromatic nitrogens is 4. The molecule has 7 heteroatoms. The molecule has 7 nitrogen and oxygen atoms in total. The average Bonchev–Trinajstić information content (AvgIpc) is 3.21. The van der Waals surface area contributed by atoms with E-state index in [4.69, 9.17) is 0 Å². The fraction of sp³-hybridized carbons (Fsp3) is 0.269. The second-order valence-corrected chi connectivity index (χ2v) is 7.76. The zero-order valence-corrected chi connectivity index (χ0v) is 18.9. The van der Waals surface area contributed by atoms with Crippen molar-refractivity contribution >= 4 is 16.9 Å². The van der Waals surface area contributed by atoms with Crippen LogP contribution in [0.4, 0.5) is 5.69 Å². The molecule has 0 bridgehead atoms. The molecule has 0 radical (unpaired) electrons. The predicted octanol–water partition coefficient (Wildman–Crippen LogP) is 3.72. The maximum Gasteiger partial charge on any atom is 0.330 e. The highest BCUT2D eigenvalue weighted by Gasteiger charge is 2.17. The monoisotopic (exact) mass is 441 g/mol. The number of H-pyrrole nitrogens is 1. The molecular formula is C26H27N5O2. The van der Waals surface area contributed by atoms with Gasteiger partial charge in [0.1, 0.15) is 5.82 Å². The number of hydrogen-bond donors (Lipinski definition) is 2. The number of imidazole rings is 1. The highest BCUT2D eigenvalue weighted by Crippen LogP contribution is 2.15. The summed E-state index contributed by atoms with van der Waals surface area (Å²) in [5, 5.41) is 3.38. The minimum atomic E-state index is -0.411. The summed E-state index contributed by atoms with van der Waals surface area (Å²) >= 11 is 0. The van der Waals surface area contributed by atoms with Gasteiger partial charge in [0.15, 0.2) is 11.2 Å². The molecule has 2 aromatic carbocycles. The number of benzene rings is 2. The molecule has 0 spiro atoms. The van der Waals surface area contributed by atoms with Crippen LogP contribution >= 0.6 is 0 Å². The largest absolute Gasteiger partial charge is 0.378 e. The first-order chi connectivity index (χ1) is 16.1. The van der Waals surface area contributed by atoms with Crippen LogP contribution in [0.25, 0.3) is 11.2 Å². The molecule has 0 saturated heterocycles. The lowest BCUT2D eigenvalue weighted by atomic mass is 10.1. The summed E-state index contributed by atoms with van der Waals surface area (Å²) in [6.45, 7) is 5.54. The Labute approximate surface area is 192 Å². The molecule has 0 saturated carbocycles. The maximum atomic E-state index is 12.6. The lowest BCUT2D eigenvalue weighted by molar-refractivity contribution is 0.613. The third-order valence-corrected chi connectivity index (χ3v) is 5.45. The van der Waals surface area contributed by atoms with Gasteiger partial charge in [0.25, 0.3) is 5.56 Å². The topological polar surface area (TPSA) is 84.7 Å². The molecule has 2 N–H and O–H groups in total. The van der Waals surface area contributed by atoms with Crippen LogP contribution < -0.4 is 16.6 Å². The molecule has 4 aromatic rings. The van der Waals surface area contributed by atoms with Crippen LogP contribution in [-0.2, 0) is 19.6 Å². The molecule has 168 valence electrons. The van der Waals surface area contributed by atoms with Gasteiger partial charge < -0.3 is 9.88 Å². The van der Waals surface area contributed by atoms with E-state index in [1.54, 1.807) is 4.57 Å². The zero-order valence-electron chi connectivity index (χ0n) is 18.9. The van der Waals surface area contributed by atoms with Gasteiger partial charge in [-0.15, -0.1) is 0 Å². The van der Waals surface area contributed by atoms with Gasteiger partial charge in [0.2, 0.25) is 0 Å². The van der Waals surface area contributed by atoms with Crippen molar-refractivity contribution in [2.24, 2.45) is 0 Å². The summed E-state index contributed by atoms with van der Waals surface area (Å²) in [5.74, 6) is 7.06. The van der Waals surface area contributed by atoms with Gasteiger partial charge in [-0.2, -0.15) is 0 Å². The quantitative estimate of drug-likeness (QED) is 0.428. The molecule has 0 unspecified atom stereocenters. The van der Waals surface area contributed by atoms with Crippen LogP contribution in [-0.4, -0.2) is 19.1 Å². The molecule has 0 aliphatic carbocycles. The molecular weight excluding hydrogens is 414 g/mol. The van der Waals surface area contributed by atoms with E-state index in [9.17, 15) is 9.59 Å². The zero-order chi connectivity index (χ0) is 23.2. The van der Waals surface area contributed by atoms with E-state index < -0.39 is 11.2 Å². The highest BCUT2D eigenvalue weighted by atomic mass is 16.2. The summed E-state index contributed by atoms with van der Waals surface area (Å²) in [5.41, 5.74) is 2.84. The number of fused-ring (bicyclic) bond motifs is 1. The van der Waals surface area contributed by atoms with Crippen LogP contribution in [0.1, 0.15) is 43.6 Å². The molecule has 0 fully saturated rings. The van der Waals surface area contributed by atoms with Crippen LogP contribution in [0.15, 0.2) is 64.2 Å². The van der Waals surface area contributed by atoms with E-state index in [2.05, 4.69) is 34.0 Å². The van der Waals surface area contributed by atoms with Crippen LogP contribution in [0.3, 0.4) is 0 Å². The fourth-order valence-corrected chi connectivity index (χ4v) is 3.77. The van der Waals surface area contributed by atoms with Gasteiger partial charge in [-0.25, -0.2) is 9.78 Å². The van der Waals surface area contributed by atoms with Crippen molar-refractivity contribution in [2.45, 2.75) is 46.3 Å². The Bertz CT molecular complexity index is 1440. The third-order valence-electron chi connectivity index (χ3n) is 5.45. The number of unbranched alkanes of at least 4 members (excludes halogenated alkanes) is 1. The van der Waals surface area contributed by atoms with Gasteiger partial charge in [0, 0.05) is 29.9 Å². The smallest absolute Gasteiger partial charge is 0.330 e. The first kappa shape index (κ1) is 22.2. The van der Waals surface area contributed by atoms with E-state index >= 15 is 0 Å². The molecule has 0 aliphatic rings. The number of anilines is 1. The normalized spacial score (nSPS) is 10.7. The third kappa shape index (κ3) is 4.90. The number of nitrogens with one attached hydrogen (secondary N) is 2. The summed E-state index contributed by atoms with van der Waals surface area (Å²) in [7, 11) is 0. The Morgan fingerprint density at radius 3 is 2.48 bits per heavy atom. The minimum absolute atomic E-state index is 0.401. The van der Waals surface area contributed by atoms with Crippen LogP contribution in [0, 0.1) is 11.8 Å². The summed E-state index contributed by atoms with van der Waals surface area (Å²) in [6.07, 6.45) is 1.78. The van der Waals surface area contributed by atoms with Gasteiger partial charge in [-0.1, -0.05) is 49.5 Å². The van der Waals surface area contributed by atoms with Crippen LogP contribution in [0.2, 0.25) is 0 Å². The number of aryl methyl sites for hydroxylation is 2. The van der Waals surface area contributed by atoms with Gasteiger partial charge in [-0.3, -0.25) is 14.3 Å². The fourth-order valence-electron chi connectivity index (χ4n) is 3.77. The molecule has 2 aromatic heterocycles. The maximum absolute atomic E-state index is 12.6. The number of hydrogen-bond acceptors (Lipinski definition) is 4. The second kappa shape index (κ2) is 10.0. The Balaban J connectivity index is 1.61. The molecule has 0 aliphatic heterocycles. The molecule has 0 atom stereocenters.